The zero-order valence-electron chi connectivity index (χ0n) is 48.7. The highest BCUT2D eigenvalue weighted by Gasteiger charge is 2.20. The molecule has 3 N–H and O–H groups in total. The van der Waals surface area contributed by atoms with Crippen molar-refractivity contribution in [1.29, 1.82) is 0 Å². The van der Waals surface area contributed by atoms with Gasteiger partial charge in [0.25, 0.3) is 0 Å². The third-order valence-electron chi connectivity index (χ3n) is 15.2. The fourth-order valence-corrected chi connectivity index (χ4v) is 10.2. The molecule has 0 bridgehead atoms. The summed E-state index contributed by atoms with van der Waals surface area (Å²) in [6, 6.07) is -0.550. The maximum absolute atomic E-state index is 12.5. The van der Waals surface area contributed by atoms with Gasteiger partial charge in [0.05, 0.1) is 25.4 Å². The first-order valence-corrected chi connectivity index (χ1v) is 32.6. The molecule has 0 saturated carbocycles. The zero-order chi connectivity index (χ0) is 52.2. The molecule has 0 aromatic carbocycles. The van der Waals surface area contributed by atoms with E-state index in [9.17, 15) is 19.8 Å². The van der Waals surface area contributed by atoms with Gasteiger partial charge in [-0.25, -0.2) is 0 Å². The molecule has 0 radical (unpaired) electrons. The highest BCUT2D eigenvalue weighted by Crippen LogP contribution is 2.18. The first kappa shape index (κ1) is 70.3. The van der Waals surface area contributed by atoms with Crippen molar-refractivity contribution in [2.75, 3.05) is 13.2 Å². The van der Waals surface area contributed by atoms with E-state index in [1.54, 1.807) is 0 Å². The maximum Gasteiger partial charge on any atom is 0.305 e. The molecule has 0 heterocycles. The lowest BCUT2D eigenvalue weighted by molar-refractivity contribution is -0.143. The minimum absolute atomic E-state index is 0.00382. The summed E-state index contributed by atoms with van der Waals surface area (Å²) < 4.78 is 5.47. The number of aliphatic hydroxyl groups is 2. The van der Waals surface area contributed by atoms with Gasteiger partial charge in [-0.2, -0.15) is 0 Å². The predicted octanol–water partition coefficient (Wildman–Crippen LogP) is 20.6. The normalized spacial score (nSPS) is 12.7. The highest BCUT2D eigenvalue weighted by molar-refractivity contribution is 5.76. The van der Waals surface area contributed by atoms with Crippen molar-refractivity contribution in [1.82, 2.24) is 5.32 Å². The summed E-state index contributed by atoms with van der Waals surface area (Å²) in [5, 5.41) is 23.4. The Hall–Kier alpha value is -1.66. The average molecular weight is 1010 g/mol. The van der Waals surface area contributed by atoms with Gasteiger partial charge >= 0.3 is 5.97 Å². The second-order valence-electron chi connectivity index (χ2n) is 22.4. The minimum Gasteiger partial charge on any atom is -0.466 e. The molecule has 0 aliphatic carbocycles. The van der Waals surface area contributed by atoms with Crippen molar-refractivity contribution in [2.24, 2.45) is 0 Å². The molecule has 2 atom stereocenters. The Morgan fingerprint density at radius 2 is 0.653 bits per heavy atom. The van der Waals surface area contributed by atoms with Gasteiger partial charge in [0, 0.05) is 12.8 Å². The van der Waals surface area contributed by atoms with Crippen LogP contribution in [0.5, 0.6) is 0 Å². The van der Waals surface area contributed by atoms with Crippen molar-refractivity contribution in [3.63, 3.8) is 0 Å². The SMILES string of the molecule is CCCCCCC/C=C\CCCCCCCC(=O)OCCCCCCCCCC/C=C\CCCCCCCCCC(=O)NC(CO)C(O)CCCCCCCCCCCCCCCCCCCCCCCC. The van der Waals surface area contributed by atoms with Crippen LogP contribution in [0.3, 0.4) is 0 Å². The van der Waals surface area contributed by atoms with Gasteiger partial charge in [-0.15, -0.1) is 0 Å². The van der Waals surface area contributed by atoms with E-state index in [2.05, 4.69) is 43.5 Å². The van der Waals surface area contributed by atoms with Crippen molar-refractivity contribution in [2.45, 2.75) is 373 Å². The molecule has 6 nitrogen and oxygen atoms in total. The van der Waals surface area contributed by atoms with Crippen LogP contribution in [0.2, 0.25) is 0 Å². The Morgan fingerprint density at radius 1 is 0.375 bits per heavy atom. The van der Waals surface area contributed by atoms with Crippen LogP contribution in [0.15, 0.2) is 24.3 Å². The predicted molar refractivity (Wildman–Crippen MR) is 315 cm³/mol. The Morgan fingerprint density at radius 3 is 0.986 bits per heavy atom. The summed E-state index contributed by atoms with van der Waals surface area (Å²) in [7, 11) is 0. The number of hydrogen-bond donors (Lipinski definition) is 3. The standard InChI is InChI=1S/C66H127NO5/c1-3-5-7-9-11-13-15-17-19-20-21-22-23-25-28-31-34-38-42-46-50-54-58-64(69)63(62-68)67-65(70)59-55-51-47-43-39-35-32-29-26-24-27-30-33-37-41-45-49-53-57-61-72-66(71)60-56-52-48-44-40-36-18-16-14-12-10-8-6-4-2/h16,18,24,26,63-64,68-69H,3-15,17,19-23,25,27-62H2,1-2H3,(H,67,70)/b18-16-,26-24-. The van der Waals surface area contributed by atoms with E-state index >= 15 is 0 Å². The number of unbranched alkanes of at least 4 members (excludes halogenated alkanes) is 46. The minimum atomic E-state index is -0.672. The molecule has 426 valence electrons. The Labute approximate surface area is 450 Å². The number of carbonyl (C=O) groups excluding carboxylic acids is 2. The first-order chi connectivity index (χ1) is 35.5. The summed E-state index contributed by atoms with van der Waals surface area (Å²) in [4.78, 5) is 24.6. The smallest absolute Gasteiger partial charge is 0.305 e. The number of ether oxygens (including phenoxy) is 1. The van der Waals surface area contributed by atoms with Crippen molar-refractivity contribution in [3.8, 4) is 0 Å². The van der Waals surface area contributed by atoms with E-state index in [1.165, 1.54) is 283 Å². The summed E-state index contributed by atoms with van der Waals surface area (Å²) >= 11 is 0. The van der Waals surface area contributed by atoms with Gasteiger partial charge < -0.3 is 20.3 Å². The Balaban J connectivity index is 3.44. The van der Waals surface area contributed by atoms with Crippen LogP contribution < -0.4 is 5.32 Å². The van der Waals surface area contributed by atoms with Crippen LogP contribution in [0.1, 0.15) is 361 Å². The van der Waals surface area contributed by atoms with Crippen molar-refractivity contribution < 1.29 is 24.5 Å². The number of nitrogens with one attached hydrogen (secondary N) is 1. The second-order valence-corrected chi connectivity index (χ2v) is 22.4. The fourth-order valence-electron chi connectivity index (χ4n) is 10.2. The van der Waals surface area contributed by atoms with E-state index in [0.29, 0.717) is 25.9 Å². The molecule has 2 unspecified atom stereocenters. The van der Waals surface area contributed by atoms with Gasteiger partial charge in [0.2, 0.25) is 5.91 Å². The number of rotatable bonds is 61. The molecule has 72 heavy (non-hydrogen) atoms. The summed E-state index contributed by atoms with van der Waals surface area (Å²) in [5.41, 5.74) is 0. The van der Waals surface area contributed by atoms with E-state index in [0.717, 1.165) is 44.9 Å². The molecule has 0 aliphatic rings. The van der Waals surface area contributed by atoms with Crippen LogP contribution in [-0.4, -0.2) is 47.4 Å². The Bertz CT molecular complexity index is 1120. The van der Waals surface area contributed by atoms with E-state index in [1.807, 2.05) is 0 Å². The Kier molecular flexibility index (Phi) is 60.5. The number of allylic oxidation sites excluding steroid dienone is 4. The molecule has 0 aromatic heterocycles. The zero-order valence-corrected chi connectivity index (χ0v) is 48.7. The van der Waals surface area contributed by atoms with Gasteiger partial charge in [-0.3, -0.25) is 9.59 Å². The lowest BCUT2D eigenvalue weighted by Crippen LogP contribution is -2.45. The molecule has 0 fully saturated rings. The van der Waals surface area contributed by atoms with Gasteiger partial charge in [0.1, 0.15) is 0 Å². The summed E-state index contributed by atoms with van der Waals surface area (Å²) in [5.74, 6) is -0.0449. The van der Waals surface area contributed by atoms with E-state index in [4.69, 9.17) is 4.74 Å². The van der Waals surface area contributed by atoms with E-state index in [-0.39, 0.29) is 18.5 Å². The molecule has 0 aromatic rings. The van der Waals surface area contributed by atoms with Gasteiger partial charge in [0.15, 0.2) is 0 Å². The van der Waals surface area contributed by atoms with E-state index < -0.39 is 12.1 Å². The lowest BCUT2D eigenvalue weighted by atomic mass is 10.0. The van der Waals surface area contributed by atoms with Crippen LogP contribution in [0, 0.1) is 0 Å². The quantitative estimate of drug-likeness (QED) is 0.0320. The summed E-state index contributed by atoms with van der Waals surface area (Å²) in [6.45, 7) is 4.96. The van der Waals surface area contributed by atoms with Crippen LogP contribution in [0.25, 0.3) is 0 Å². The number of hydrogen-bond acceptors (Lipinski definition) is 5. The molecular formula is C66H127NO5. The number of amides is 1. The molecule has 0 rings (SSSR count). The third-order valence-corrected chi connectivity index (χ3v) is 15.2. The van der Waals surface area contributed by atoms with Crippen molar-refractivity contribution in [3.05, 3.63) is 24.3 Å². The second kappa shape index (κ2) is 61.9. The fraction of sp³-hybridized carbons (Fsp3) is 0.909. The molecule has 1 amide bonds. The lowest BCUT2D eigenvalue weighted by Gasteiger charge is -2.22. The van der Waals surface area contributed by atoms with Crippen molar-refractivity contribution >= 4 is 11.9 Å². The van der Waals surface area contributed by atoms with Crippen LogP contribution in [0.4, 0.5) is 0 Å². The van der Waals surface area contributed by atoms with Gasteiger partial charge in [-0.05, 0) is 77.0 Å². The summed E-state index contributed by atoms with van der Waals surface area (Å²) in [6.07, 6.45) is 76.2. The molecule has 0 spiro atoms. The van der Waals surface area contributed by atoms with Crippen LogP contribution >= 0.6 is 0 Å². The number of carbonyl (C=O) groups is 2. The van der Waals surface area contributed by atoms with Gasteiger partial charge in [-0.1, -0.05) is 295 Å². The third kappa shape index (κ3) is 57.6. The maximum atomic E-state index is 12.5. The number of esters is 1. The molecule has 6 heteroatoms. The highest BCUT2D eigenvalue weighted by atomic mass is 16.5. The molecule has 0 saturated heterocycles. The molecule has 0 aliphatic heterocycles. The molecular weight excluding hydrogens is 887 g/mol. The average Bonchev–Trinajstić information content (AvgIpc) is 3.38. The first-order valence-electron chi connectivity index (χ1n) is 32.6. The largest absolute Gasteiger partial charge is 0.466 e. The topological polar surface area (TPSA) is 95.9 Å². The number of aliphatic hydroxyl groups excluding tert-OH is 2. The van der Waals surface area contributed by atoms with Crippen LogP contribution in [-0.2, 0) is 14.3 Å². The monoisotopic (exact) mass is 1010 g/mol.